The Labute approximate surface area is 526 Å². The van der Waals surface area contributed by atoms with Gasteiger partial charge in [0.25, 0.3) is 0 Å². The first kappa shape index (κ1) is 64.7. The molecule has 2 saturated heterocycles. The fourth-order valence-corrected chi connectivity index (χ4v) is 11.1. The van der Waals surface area contributed by atoms with Crippen LogP contribution in [0.1, 0.15) is 65.1 Å². The lowest BCUT2D eigenvalue weighted by atomic mass is 9.95. The molecule has 2 fully saturated rings. The van der Waals surface area contributed by atoms with Crippen molar-refractivity contribution in [1.29, 1.82) is 0 Å². The predicted molar refractivity (Wildman–Crippen MR) is 339 cm³/mol. The summed E-state index contributed by atoms with van der Waals surface area (Å²) < 4.78 is 73.9. The van der Waals surface area contributed by atoms with Gasteiger partial charge in [-0.15, -0.1) is 0 Å². The van der Waals surface area contributed by atoms with Crippen molar-refractivity contribution < 1.29 is 61.7 Å². The molecule has 8 aromatic rings. The van der Waals surface area contributed by atoms with Crippen LogP contribution in [0.15, 0.2) is 230 Å². The van der Waals surface area contributed by atoms with Crippen molar-refractivity contribution in [1.82, 2.24) is 4.90 Å². The van der Waals surface area contributed by atoms with Gasteiger partial charge in [-0.1, -0.05) is 224 Å². The van der Waals surface area contributed by atoms with Crippen LogP contribution >= 0.6 is 0 Å². The Morgan fingerprint density at radius 2 is 0.944 bits per heavy atom. The van der Waals surface area contributed by atoms with Gasteiger partial charge in [0.05, 0.1) is 46.2 Å². The predicted octanol–water partition coefficient (Wildman–Crippen LogP) is 13.8. The number of rotatable bonds is 32. The number of unbranched alkanes of at least 4 members (excludes halogenated alkanes) is 2. The summed E-state index contributed by atoms with van der Waals surface area (Å²) in [4.78, 5) is 32.3. The highest BCUT2D eigenvalue weighted by Crippen LogP contribution is 2.37. The maximum atomic E-state index is 13.6. The molecule has 10 rings (SSSR count). The van der Waals surface area contributed by atoms with E-state index in [2.05, 4.69) is 16.1 Å². The number of azide groups is 1. The number of esters is 1. The molecule has 10 atom stereocenters. The number of hydrogen-bond donors (Lipinski definition) is 0. The number of carbonyl (C=O) groups is 2. The van der Waals surface area contributed by atoms with Gasteiger partial charge in [-0.2, -0.15) is 0 Å². The van der Waals surface area contributed by atoms with E-state index in [9.17, 15) is 15.1 Å². The van der Waals surface area contributed by atoms with E-state index in [1.165, 1.54) is 6.92 Å². The molecule has 0 radical (unpaired) electrons. The minimum atomic E-state index is -1.39. The average Bonchev–Trinajstić information content (AvgIpc) is 0.845. The summed E-state index contributed by atoms with van der Waals surface area (Å²) in [5.74, 6) is -0.620. The summed E-state index contributed by atoms with van der Waals surface area (Å²) in [6.45, 7) is 3.25. The zero-order chi connectivity index (χ0) is 62.0. The number of ether oxygens (including phenoxy) is 11. The lowest BCUT2D eigenvalue weighted by Crippen LogP contribution is -2.66. The molecule has 0 saturated carbocycles. The van der Waals surface area contributed by atoms with Crippen molar-refractivity contribution in [2.45, 2.75) is 134 Å². The van der Waals surface area contributed by atoms with Gasteiger partial charge >= 0.3 is 12.1 Å². The summed E-state index contributed by atoms with van der Waals surface area (Å²) >= 11 is 0. The highest BCUT2D eigenvalue weighted by atomic mass is 16.8. The highest BCUT2D eigenvalue weighted by Gasteiger charge is 2.55. The maximum Gasteiger partial charge on any atom is 0.410 e. The second-order valence-corrected chi connectivity index (χ2v) is 22.3. The van der Waals surface area contributed by atoms with Gasteiger partial charge in [-0.3, -0.25) is 4.79 Å². The first-order valence-electron chi connectivity index (χ1n) is 30.8. The number of carbonyl (C=O) groups excluding carboxylic acids is 2. The number of nitrogens with zero attached hydrogens (tertiary/aromatic N) is 4. The second-order valence-electron chi connectivity index (χ2n) is 22.3. The quantitative estimate of drug-likeness (QED) is 0.0127. The largest absolute Gasteiger partial charge is 0.454 e. The molecule has 468 valence electrons. The Kier molecular flexibility index (Phi) is 24.9. The summed E-state index contributed by atoms with van der Waals surface area (Å²) in [5, 5.41) is 6.45. The van der Waals surface area contributed by atoms with Crippen molar-refractivity contribution in [3.8, 4) is 0 Å². The third-order valence-electron chi connectivity index (χ3n) is 15.6. The van der Waals surface area contributed by atoms with Gasteiger partial charge in [-0.05, 0) is 80.6 Å². The molecule has 0 unspecified atom stereocenters. The van der Waals surface area contributed by atoms with Gasteiger partial charge in [0.15, 0.2) is 18.7 Å². The molecule has 17 nitrogen and oxygen atoms in total. The van der Waals surface area contributed by atoms with Crippen LogP contribution in [-0.4, -0.2) is 105 Å². The molecular weight excluding hydrogens is 1140 g/mol. The van der Waals surface area contributed by atoms with Gasteiger partial charge in [0.2, 0.25) is 0 Å². The van der Waals surface area contributed by atoms with E-state index < -0.39 is 73.4 Å². The summed E-state index contributed by atoms with van der Waals surface area (Å²) in [7, 11) is 0. The maximum absolute atomic E-state index is 13.6. The second kappa shape index (κ2) is 34.6. The van der Waals surface area contributed by atoms with Crippen molar-refractivity contribution >= 4 is 22.8 Å². The average molecular weight is 1220 g/mol. The van der Waals surface area contributed by atoms with E-state index in [1.54, 1.807) is 4.90 Å². The molecule has 2 aliphatic heterocycles. The van der Waals surface area contributed by atoms with Crippen molar-refractivity contribution in [3.05, 3.63) is 274 Å². The molecule has 0 spiro atoms. The number of hydrogen-bond acceptors (Lipinski definition) is 14. The zero-order valence-electron chi connectivity index (χ0n) is 50.6. The van der Waals surface area contributed by atoms with Crippen LogP contribution in [-0.2, 0) is 103 Å². The van der Waals surface area contributed by atoms with E-state index in [4.69, 9.17) is 52.1 Å². The smallest absolute Gasteiger partial charge is 0.410 e. The number of fused-ring (bicyclic) bond motifs is 1. The minimum Gasteiger partial charge on any atom is -0.454 e. The molecule has 90 heavy (non-hydrogen) atoms. The monoisotopic (exact) mass is 1220 g/mol. The Hall–Kier alpha value is -8.29. The van der Waals surface area contributed by atoms with Crippen LogP contribution < -0.4 is 0 Å². The molecule has 0 bridgehead atoms. The summed E-state index contributed by atoms with van der Waals surface area (Å²) in [6, 6.07) is 71.4. The van der Waals surface area contributed by atoms with Crippen LogP contribution in [0.5, 0.6) is 0 Å². The fourth-order valence-electron chi connectivity index (χ4n) is 11.1. The summed E-state index contributed by atoms with van der Waals surface area (Å²) in [5.41, 5.74) is 16.9. The van der Waals surface area contributed by atoms with E-state index in [-0.39, 0.29) is 59.5 Å². The van der Waals surface area contributed by atoms with Crippen LogP contribution in [0.25, 0.3) is 21.2 Å². The Morgan fingerprint density at radius 3 is 1.51 bits per heavy atom. The van der Waals surface area contributed by atoms with Crippen molar-refractivity contribution in [2.24, 2.45) is 5.11 Å². The lowest BCUT2D eigenvalue weighted by molar-refractivity contribution is -0.359. The molecule has 8 aromatic carbocycles. The SMILES string of the molecule is CC(=O)O[C@H]1[C@H](O[C@H]2[C@H](OCc3ccc4ccccc4c3)[C@@H](N=[N+]=[N-])[C@@H](OCCCCCN(Cc3ccccc3)C(=O)OCc3ccccc3)O[C@@H]2COCc2ccccc2)O[C@H](COCc2ccccc2)[C@H](OCc2ccccc2)[C@@H]1OCc1ccccc1. The standard InChI is InChI=1S/C73H78N4O13/c1-53(78)87-70-69(85-48-58-33-17-6-18-34-58)66(83-47-57-31-15-5-16-32-57)63(51-80-45-55-27-11-3-12-28-55)89-72(70)90-67-64(52-81-46-56-29-13-4-14-30-56)88-71(65(75-76-74)68(67)84-50-60-39-40-61-37-21-22-38-62(61)43-60)82-42-24-8-23-41-77(44-54-25-9-2-10-26-54)73(79)86-49-59-35-19-7-20-36-59/h2-7,9-22,25-40,43,63-72H,8,23-24,41-42,44-52H2,1H3/t63-,64-,65-,66+,67-,68-,69+,70-,71+,72+/m1/s1. The molecule has 17 heteroatoms. The van der Waals surface area contributed by atoms with E-state index in [0.29, 0.717) is 32.4 Å². The van der Waals surface area contributed by atoms with Crippen LogP contribution in [0, 0.1) is 0 Å². The van der Waals surface area contributed by atoms with Gasteiger partial charge < -0.3 is 57.0 Å². The molecule has 2 aliphatic rings. The molecular formula is C73H78N4O13. The van der Waals surface area contributed by atoms with Crippen LogP contribution in [0.3, 0.4) is 0 Å². The highest BCUT2D eigenvalue weighted by molar-refractivity contribution is 5.83. The molecule has 0 aliphatic carbocycles. The van der Waals surface area contributed by atoms with Gasteiger partial charge in [-0.25, -0.2) is 4.79 Å². The Morgan fingerprint density at radius 1 is 0.467 bits per heavy atom. The number of amides is 1. The first-order chi connectivity index (χ1) is 44.3. The fraction of sp³-hybridized carbons (Fsp3) is 0.342. The Balaban J connectivity index is 0.949. The molecule has 0 N–H and O–H groups in total. The van der Waals surface area contributed by atoms with E-state index in [0.717, 1.165) is 49.7 Å². The molecule has 1 amide bonds. The van der Waals surface area contributed by atoms with Gasteiger partial charge in [0, 0.05) is 31.5 Å². The van der Waals surface area contributed by atoms with Crippen LogP contribution in [0.4, 0.5) is 4.79 Å². The minimum absolute atomic E-state index is 0.0134. The molecule has 2 heterocycles. The number of benzene rings is 8. The Bertz CT molecular complexity index is 3450. The third-order valence-corrected chi connectivity index (χ3v) is 15.6. The zero-order valence-corrected chi connectivity index (χ0v) is 50.6. The molecule has 0 aromatic heterocycles. The van der Waals surface area contributed by atoms with E-state index >= 15 is 0 Å². The van der Waals surface area contributed by atoms with Crippen LogP contribution in [0.2, 0.25) is 0 Å². The topological polar surface area (TPSA) is 188 Å². The first-order valence-corrected chi connectivity index (χ1v) is 30.8. The van der Waals surface area contributed by atoms with Gasteiger partial charge in [0.1, 0.15) is 49.3 Å². The lowest BCUT2D eigenvalue weighted by Gasteiger charge is -2.49. The summed E-state index contributed by atoms with van der Waals surface area (Å²) in [6.07, 6.45) is -8.35. The normalized spacial score (nSPS) is 21.4. The van der Waals surface area contributed by atoms with Crippen molar-refractivity contribution in [2.75, 3.05) is 26.4 Å². The third kappa shape index (κ3) is 19.4. The van der Waals surface area contributed by atoms with Crippen molar-refractivity contribution in [3.63, 3.8) is 0 Å². The van der Waals surface area contributed by atoms with E-state index in [1.807, 2.05) is 218 Å².